The molecule has 0 saturated carbocycles. The van der Waals surface area contributed by atoms with Gasteiger partial charge in [0.25, 0.3) is 0 Å². The zero-order chi connectivity index (χ0) is 13.0. The van der Waals surface area contributed by atoms with Crippen molar-refractivity contribution in [3.63, 3.8) is 0 Å². The van der Waals surface area contributed by atoms with E-state index in [0.717, 1.165) is 19.3 Å². The van der Waals surface area contributed by atoms with Crippen LogP contribution in [0.5, 0.6) is 0 Å². The molecule has 0 aliphatic heterocycles. The van der Waals surface area contributed by atoms with Crippen molar-refractivity contribution in [3.05, 3.63) is 35.2 Å². The van der Waals surface area contributed by atoms with E-state index in [2.05, 4.69) is 17.5 Å². The van der Waals surface area contributed by atoms with Gasteiger partial charge in [0.05, 0.1) is 0 Å². The standard InChI is InChI=1S/C14H18N2OS/c15-12(6-2-4-8-14(16)17)11-9-18-13-7-3-1-5-10(11)13/h1,3,5,7,9,12H,2,4,6,8,15H2,(H2,16,17). The van der Waals surface area contributed by atoms with Crippen LogP contribution in [0.1, 0.15) is 37.3 Å². The molecule has 4 heteroatoms. The molecule has 2 rings (SSSR count). The Morgan fingerprint density at radius 3 is 2.83 bits per heavy atom. The van der Waals surface area contributed by atoms with E-state index in [1.165, 1.54) is 15.6 Å². The number of hydrogen-bond donors (Lipinski definition) is 2. The third-order valence-corrected chi connectivity index (χ3v) is 4.08. The zero-order valence-electron chi connectivity index (χ0n) is 10.3. The first kappa shape index (κ1) is 13.1. The molecule has 96 valence electrons. The number of carbonyl (C=O) groups excluding carboxylic acids is 1. The summed E-state index contributed by atoms with van der Waals surface area (Å²) in [5.74, 6) is -0.232. The smallest absolute Gasteiger partial charge is 0.217 e. The molecule has 1 amide bonds. The maximum Gasteiger partial charge on any atom is 0.217 e. The quantitative estimate of drug-likeness (QED) is 0.786. The van der Waals surface area contributed by atoms with Crippen molar-refractivity contribution in [2.75, 3.05) is 0 Å². The van der Waals surface area contributed by atoms with Gasteiger partial charge >= 0.3 is 0 Å². The first-order chi connectivity index (χ1) is 8.68. The molecule has 2 aromatic rings. The fourth-order valence-electron chi connectivity index (χ4n) is 2.10. The molecule has 0 aliphatic rings. The summed E-state index contributed by atoms with van der Waals surface area (Å²) in [6.45, 7) is 0. The molecule has 0 saturated heterocycles. The van der Waals surface area contributed by atoms with E-state index in [-0.39, 0.29) is 11.9 Å². The summed E-state index contributed by atoms with van der Waals surface area (Å²) in [4.78, 5) is 10.6. The summed E-state index contributed by atoms with van der Waals surface area (Å²) in [5, 5.41) is 3.40. The second kappa shape index (κ2) is 5.98. The maximum atomic E-state index is 10.6. The van der Waals surface area contributed by atoms with Crippen LogP contribution in [0, 0.1) is 0 Å². The molecule has 1 unspecified atom stereocenters. The van der Waals surface area contributed by atoms with Crippen LogP contribution in [0.3, 0.4) is 0 Å². The van der Waals surface area contributed by atoms with Gasteiger partial charge in [0, 0.05) is 17.2 Å². The molecule has 1 heterocycles. The third-order valence-electron chi connectivity index (χ3n) is 3.10. The molecule has 1 aromatic heterocycles. The largest absolute Gasteiger partial charge is 0.370 e. The van der Waals surface area contributed by atoms with E-state index in [4.69, 9.17) is 11.5 Å². The fraction of sp³-hybridized carbons (Fsp3) is 0.357. The van der Waals surface area contributed by atoms with E-state index in [0.29, 0.717) is 6.42 Å². The predicted molar refractivity (Wildman–Crippen MR) is 76.4 cm³/mol. The molecule has 1 atom stereocenters. The number of hydrogen-bond acceptors (Lipinski definition) is 3. The van der Waals surface area contributed by atoms with Crippen molar-refractivity contribution in [3.8, 4) is 0 Å². The summed E-state index contributed by atoms with van der Waals surface area (Å²) in [5.41, 5.74) is 12.5. The van der Waals surface area contributed by atoms with Gasteiger partial charge in [0.2, 0.25) is 5.91 Å². The number of rotatable bonds is 6. The third kappa shape index (κ3) is 3.09. The van der Waals surface area contributed by atoms with Crippen LogP contribution < -0.4 is 11.5 Å². The summed E-state index contributed by atoms with van der Waals surface area (Å²) in [6, 6.07) is 8.36. The van der Waals surface area contributed by atoms with Crippen LogP contribution >= 0.6 is 11.3 Å². The first-order valence-electron chi connectivity index (χ1n) is 6.18. The SMILES string of the molecule is NC(=O)CCCCC(N)c1csc2ccccc12. The van der Waals surface area contributed by atoms with Crippen molar-refractivity contribution in [1.29, 1.82) is 0 Å². The van der Waals surface area contributed by atoms with Crippen molar-refractivity contribution in [1.82, 2.24) is 0 Å². The molecular formula is C14H18N2OS. The Morgan fingerprint density at radius 2 is 2.06 bits per heavy atom. The molecule has 3 nitrogen and oxygen atoms in total. The van der Waals surface area contributed by atoms with Gasteiger partial charge in [-0.25, -0.2) is 0 Å². The van der Waals surface area contributed by atoms with Crippen LogP contribution in [0.15, 0.2) is 29.6 Å². The average Bonchev–Trinajstić information content (AvgIpc) is 2.78. The highest BCUT2D eigenvalue weighted by Crippen LogP contribution is 2.31. The van der Waals surface area contributed by atoms with Crippen molar-refractivity contribution in [2.24, 2.45) is 11.5 Å². The highest BCUT2D eigenvalue weighted by molar-refractivity contribution is 7.17. The second-order valence-electron chi connectivity index (χ2n) is 4.51. The zero-order valence-corrected chi connectivity index (χ0v) is 11.1. The minimum atomic E-state index is -0.232. The Kier molecular flexibility index (Phi) is 4.33. The molecule has 0 radical (unpaired) electrons. The van der Waals surface area contributed by atoms with Gasteiger partial charge in [-0.1, -0.05) is 24.6 Å². The highest BCUT2D eigenvalue weighted by atomic mass is 32.1. The van der Waals surface area contributed by atoms with Crippen LogP contribution in [-0.2, 0) is 4.79 Å². The Balaban J connectivity index is 1.96. The average molecular weight is 262 g/mol. The number of amides is 1. The van der Waals surface area contributed by atoms with Gasteiger partial charge in [0.15, 0.2) is 0 Å². The predicted octanol–water partition coefficient (Wildman–Crippen LogP) is 2.95. The molecule has 4 N–H and O–H groups in total. The number of benzene rings is 1. The minimum Gasteiger partial charge on any atom is -0.370 e. The van der Waals surface area contributed by atoms with Gasteiger partial charge < -0.3 is 11.5 Å². The maximum absolute atomic E-state index is 10.6. The summed E-state index contributed by atoms with van der Waals surface area (Å²) >= 11 is 1.73. The van der Waals surface area contributed by atoms with Gasteiger partial charge in [-0.3, -0.25) is 4.79 Å². The molecule has 1 aromatic carbocycles. The fourth-order valence-corrected chi connectivity index (χ4v) is 3.13. The molecule has 0 bridgehead atoms. The Hall–Kier alpha value is -1.39. The lowest BCUT2D eigenvalue weighted by Gasteiger charge is -2.10. The van der Waals surface area contributed by atoms with Crippen LogP contribution in [0.25, 0.3) is 10.1 Å². The number of fused-ring (bicyclic) bond motifs is 1. The van der Waals surface area contributed by atoms with Crippen LogP contribution in [0.2, 0.25) is 0 Å². The Bertz CT molecular complexity index is 535. The van der Waals surface area contributed by atoms with Gasteiger partial charge in [0.1, 0.15) is 0 Å². The number of nitrogens with two attached hydrogens (primary N) is 2. The highest BCUT2D eigenvalue weighted by Gasteiger charge is 2.11. The lowest BCUT2D eigenvalue weighted by Crippen LogP contribution is -2.12. The lowest BCUT2D eigenvalue weighted by atomic mass is 10.0. The Morgan fingerprint density at radius 1 is 1.28 bits per heavy atom. The molecule has 0 fully saturated rings. The monoisotopic (exact) mass is 262 g/mol. The number of carbonyl (C=O) groups is 1. The van der Waals surface area contributed by atoms with Crippen molar-refractivity contribution >= 4 is 27.3 Å². The minimum absolute atomic E-state index is 0.0500. The van der Waals surface area contributed by atoms with Gasteiger partial charge in [-0.05, 0) is 35.2 Å². The molecule has 0 aliphatic carbocycles. The van der Waals surface area contributed by atoms with E-state index >= 15 is 0 Å². The molecular weight excluding hydrogens is 244 g/mol. The second-order valence-corrected chi connectivity index (χ2v) is 5.42. The number of unbranched alkanes of at least 4 members (excludes halogenated alkanes) is 1. The normalized spacial score (nSPS) is 12.7. The Labute approximate surface area is 111 Å². The first-order valence-corrected chi connectivity index (χ1v) is 7.06. The lowest BCUT2D eigenvalue weighted by molar-refractivity contribution is -0.118. The van der Waals surface area contributed by atoms with E-state index in [9.17, 15) is 4.79 Å². The van der Waals surface area contributed by atoms with E-state index in [1.807, 2.05) is 12.1 Å². The molecule has 18 heavy (non-hydrogen) atoms. The molecule has 0 spiro atoms. The van der Waals surface area contributed by atoms with E-state index in [1.54, 1.807) is 11.3 Å². The van der Waals surface area contributed by atoms with Crippen LogP contribution in [0.4, 0.5) is 0 Å². The van der Waals surface area contributed by atoms with E-state index < -0.39 is 0 Å². The van der Waals surface area contributed by atoms with Crippen LogP contribution in [-0.4, -0.2) is 5.91 Å². The van der Waals surface area contributed by atoms with Crippen molar-refractivity contribution in [2.45, 2.75) is 31.7 Å². The summed E-state index contributed by atoms with van der Waals surface area (Å²) < 4.78 is 1.28. The summed E-state index contributed by atoms with van der Waals surface area (Å²) in [6.07, 6.45) is 3.12. The summed E-state index contributed by atoms with van der Waals surface area (Å²) in [7, 11) is 0. The number of thiophene rings is 1. The van der Waals surface area contributed by atoms with Crippen molar-refractivity contribution < 1.29 is 4.79 Å². The number of primary amides is 1. The van der Waals surface area contributed by atoms with Gasteiger partial charge in [-0.15, -0.1) is 11.3 Å². The van der Waals surface area contributed by atoms with Gasteiger partial charge in [-0.2, -0.15) is 0 Å². The topological polar surface area (TPSA) is 69.1 Å².